The topological polar surface area (TPSA) is 29.9 Å². The number of imidazole rings is 1. The van der Waals surface area contributed by atoms with Crippen LogP contribution in [0.1, 0.15) is 63.8 Å². The van der Waals surface area contributed by atoms with Gasteiger partial charge in [0, 0.05) is 30.5 Å². The van der Waals surface area contributed by atoms with Crippen LogP contribution in [0.2, 0.25) is 0 Å². The van der Waals surface area contributed by atoms with Crippen molar-refractivity contribution in [2.24, 2.45) is 0 Å². The van der Waals surface area contributed by atoms with Crippen molar-refractivity contribution in [1.29, 1.82) is 0 Å². The number of hydrogen-bond acceptors (Lipinski definition) is 2. The minimum Gasteiger partial charge on any atom is -0.333 e. The number of hydrogen-bond donors (Lipinski definition) is 1. The lowest BCUT2D eigenvalue weighted by Crippen LogP contribution is -2.40. The van der Waals surface area contributed by atoms with Gasteiger partial charge in [0.25, 0.3) is 0 Å². The van der Waals surface area contributed by atoms with E-state index in [1.807, 2.05) is 12.5 Å². The molecule has 2 fully saturated rings. The van der Waals surface area contributed by atoms with Crippen LogP contribution in [0, 0.1) is 0 Å². The lowest BCUT2D eigenvalue weighted by Gasteiger charge is -2.27. The van der Waals surface area contributed by atoms with E-state index in [1.165, 1.54) is 57.8 Å². The van der Waals surface area contributed by atoms with Gasteiger partial charge in [-0.05, 0) is 32.1 Å². The summed E-state index contributed by atoms with van der Waals surface area (Å²) in [6, 6.07) is 2.07. The third-order valence-electron chi connectivity index (χ3n) is 4.69. The number of rotatable bonds is 3. The quantitative estimate of drug-likeness (QED) is 0.831. The van der Waals surface area contributed by atoms with Crippen LogP contribution in [-0.2, 0) is 0 Å². The van der Waals surface area contributed by atoms with Gasteiger partial charge in [-0.25, -0.2) is 4.98 Å². The molecular weight excluding hydrogens is 222 g/mol. The van der Waals surface area contributed by atoms with Gasteiger partial charge in [-0.2, -0.15) is 0 Å². The van der Waals surface area contributed by atoms with Crippen LogP contribution in [0.3, 0.4) is 0 Å². The molecule has 1 heterocycles. The Balaban J connectivity index is 1.60. The molecule has 3 rings (SSSR count). The van der Waals surface area contributed by atoms with E-state index in [1.54, 1.807) is 0 Å². The molecule has 0 bridgehead atoms. The number of nitrogens with zero attached hydrogens (tertiary/aromatic N) is 2. The van der Waals surface area contributed by atoms with Gasteiger partial charge in [0.05, 0.1) is 6.33 Å². The Labute approximate surface area is 110 Å². The first kappa shape index (κ1) is 12.2. The molecule has 2 aliphatic rings. The molecule has 1 N–H and O–H groups in total. The molecule has 0 saturated heterocycles. The zero-order valence-corrected chi connectivity index (χ0v) is 11.2. The van der Waals surface area contributed by atoms with Crippen molar-refractivity contribution in [2.75, 3.05) is 0 Å². The predicted molar refractivity (Wildman–Crippen MR) is 73.5 cm³/mol. The molecule has 0 spiro atoms. The van der Waals surface area contributed by atoms with Gasteiger partial charge in [-0.1, -0.05) is 25.7 Å². The number of aromatic nitrogens is 2. The fraction of sp³-hybridized carbons (Fsp3) is 0.800. The largest absolute Gasteiger partial charge is 0.333 e. The normalized spacial score (nSPS) is 30.4. The molecule has 0 aliphatic heterocycles. The third kappa shape index (κ3) is 2.77. The average Bonchev–Trinajstić information content (AvgIpc) is 2.97. The van der Waals surface area contributed by atoms with Gasteiger partial charge in [-0.3, -0.25) is 0 Å². The van der Waals surface area contributed by atoms with Crippen LogP contribution in [0.4, 0.5) is 0 Å². The summed E-state index contributed by atoms with van der Waals surface area (Å²) in [7, 11) is 0. The zero-order valence-electron chi connectivity index (χ0n) is 11.2. The second-order valence-corrected chi connectivity index (χ2v) is 5.97. The molecular formula is C15H25N3. The van der Waals surface area contributed by atoms with Crippen molar-refractivity contribution >= 4 is 0 Å². The van der Waals surface area contributed by atoms with Crippen LogP contribution in [0.5, 0.6) is 0 Å². The highest BCUT2D eigenvalue weighted by Gasteiger charge is 2.30. The highest BCUT2D eigenvalue weighted by atomic mass is 15.1. The third-order valence-corrected chi connectivity index (χ3v) is 4.69. The predicted octanol–water partition coefficient (Wildman–Crippen LogP) is 3.29. The minimum absolute atomic E-state index is 0.635. The smallest absolute Gasteiger partial charge is 0.0949 e. The van der Waals surface area contributed by atoms with Crippen LogP contribution in [0.15, 0.2) is 18.7 Å². The summed E-state index contributed by atoms with van der Waals surface area (Å²) < 4.78 is 2.31. The Morgan fingerprint density at radius 2 is 1.78 bits per heavy atom. The lowest BCUT2D eigenvalue weighted by molar-refractivity contribution is 0.332. The minimum atomic E-state index is 0.635. The molecule has 0 radical (unpaired) electrons. The first-order valence-electron chi connectivity index (χ1n) is 7.67. The van der Waals surface area contributed by atoms with Gasteiger partial charge in [0.15, 0.2) is 0 Å². The fourth-order valence-corrected chi connectivity index (χ4v) is 3.71. The van der Waals surface area contributed by atoms with E-state index in [9.17, 15) is 0 Å². The molecule has 18 heavy (non-hydrogen) atoms. The summed E-state index contributed by atoms with van der Waals surface area (Å²) in [4.78, 5) is 4.20. The van der Waals surface area contributed by atoms with Crippen LogP contribution < -0.4 is 5.32 Å². The van der Waals surface area contributed by atoms with E-state index in [0.717, 1.165) is 6.04 Å². The van der Waals surface area contributed by atoms with Gasteiger partial charge in [0.1, 0.15) is 0 Å². The highest BCUT2D eigenvalue weighted by Crippen LogP contribution is 2.31. The van der Waals surface area contributed by atoms with Crippen molar-refractivity contribution in [3.05, 3.63) is 18.7 Å². The Morgan fingerprint density at radius 1 is 0.944 bits per heavy atom. The van der Waals surface area contributed by atoms with E-state index in [0.29, 0.717) is 12.1 Å². The lowest BCUT2D eigenvalue weighted by atomic mass is 10.1. The van der Waals surface area contributed by atoms with Crippen molar-refractivity contribution < 1.29 is 0 Å². The summed E-state index contributed by atoms with van der Waals surface area (Å²) in [5.74, 6) is 0. The standard InChI is InChI=1S/C15H25N3/c1-2-4-7-13(6-3-1)17-14-8-5-9-15(14)18-11-10-16-12-18/h10-15,17H,1-9H2. The first-order valence-corrected chi connectivity index (χ1v) is 7.67. The summed E-state index contributed by atoms with van der Waals surface area (Å²) in [5, 5.41) is 3.95. The summed E-state index contributed by atoms with van der Waals surface area (Å²) in [6.07, 6.45) is 18.5. The van der Waals surface area contributed by atoms with Crippen LogP contribution in [-0.4, -0.2) is 21.6 Å². The Hall–Kier alpha value is -0.830. The fourth-order valence-electron chi connectivity index (χ4n) is 3.71. The monoisotopic (exact) mass is 247 g/mol. The molecule has 2 unspecified atom stereocenters. The average molecular weight is 247 g/mol. The van der Waals surface area contributed by atoms with Crippen LogP contribution >= 0.6 is 0 Å². The van der Waals surface area contributed by atoms with Crippen molar-refractivity contribution in [3.63, 3.8) is 0 Å². The van der Waals surface area contributed by atoms with Gasteiger partial charge in [-0.15, -0.1) is 0 Å². The Kier molecular flexibility index (Phi) is 3.99. The first-order chi connectivity index (χ1) is 8.93. The summed E-state index contributed by atoms with van der Waals surface area (Å²) in [5.41, 5.74) is 0. The number of nitrogens with one attached hydrogen (secondary N) is 1. The van der Waals surface area contributed by atoms with Crippen molar-refractivity contribution in [3.8, 4) is 0 Å². The maximum Gasteiger partial charge on any atom is 0.0949 e. The van der Waals surface area contributed by atoms with E-state index >= 15 is 0 Å². The van der Waals surface area contributed by atoms with E-state index in [-0.39, 0.29) is 0 Å². The molecule has 100 valence electrons. The Morgan fingerprint density at radius 3 is 2.50 bits per heavy atom. The maximum atomic E-state index is 4.20. The molecule has 1 aromatic heterocycles. The molecule has 1 aromatic rings. The molecule has 3 heteroatoms. The summed E-state index contributed by atoms with van der Waals surface area (Å²) >= 11 is 0. The van der Waals surface area contributed by atoms with Crippen LogP contribution in [0.25, 0.3) is 0 Å². The highest BCUT2D eigenvalue weighted by molar-refractivity contribution is 4.93. The maximum absolute atomic E-state index is 4.20. The van der Waals surface area contributed by atoms with Crippen molar-refractivity contribution in [1.82, 2.24) is 14.9 Å². The van der Waals surface area contributed by atoms with E-state index < -0.39 is 0 Å². The molecule has 2 saturated carbocycles. The SMILES string of the molecule is c1cn(C2CCCC2NC2CCCCCC2)cn1. The molecule has 2 aliphatic carbocycles. The zero-order chi connectivity index (χ0) is 12.2. The molecule has 2 atom stereocenters. The van der Waals surface area contributed by atoms with Gasteiger partial charge >= 0.3 is 0 Å². The Bertz CT molecular complexity index is 339. The molecule has 0 amide bonds. The van der Waals surface area contributed by atoms with E-state index in [2.05, 4.69) is 21.1 Å². The second-order valence-electron chi connectivity index (χ2n) is 5.97. The van der Waals surface area contributed by atoms with Gasteiger partial charge < -0.3 is 9.88 Å². The second kappa shape index (κ2) is 5.87. The molecule has 3 nitrogen and oxygen atoms in total. The molecule has 0 aromatic carbocycles. The van der Waals surface area contributed by atoms with Gasteiger partial charge in [0.2, 0.25) is 0 Å². The van der Waals surface area contributed by atoms with E-state index in [4.69, 9.17) is 0 Å². The van der Waals surface area contributed by atoms with Crippen molar-refractivity contribution in [2.45, 2.75) is 75.9 Å². The summed E-state index contributed by atoms with van der Waals surface area (Å²) in [6.45, 7) is 0.